The second kappa shape index (κ2) is 6.03. The summed E-state index contributed by atoms with van der Waals surface area (Å²) in [4.78, 5) is 10.6. The molecule has 2 heterocycles. The lowest BCUT2D eigenvalue weighted by molar-refractivity contribution is 0.138. The highest BCUT2D eigenvalue weighted by atomic mass is 35.5. The molecular formula is C13H18ClN3OS. The summed E-state index contributed by atoms with van der Waals surface area (Å²) in [5, 5.41) is 14.2. The van der Waals surface area contributed by atoms with Crippen LogP contribution in [0.15, 0.2) is 6.07 Å². The molecule has 0 spiro atoms. The van der Waals surface area contributed by atoms with Gasteiger partial charge in [0.15, 0.2) is 0 Å². The molecule has 1 atom stereocenters. The number of aryl methyl sites for hydroxylation is 1. The van der Waals surface area contributed by atoms with E-state index < -0.39 is 6.10 Å². The highest BCUT2D eigenvalue weighted by Crippen LogP contribution is 2.30. The Morgan fingerprint density at radius 3 is 2.79 bits per heavy atom. The van der Waals surface area contributed by atoms with Crippen LogP contribution in [0, 0.1) is 5.92 Å². The average Bonchev–Trinajstić information content (AvgIpc) is 2.78. The van der Waals surface area contributed by atoms with Crippen molar-refractivity contribution >= 4 is 39.0 Å². The highest BCUT2D eigenvalue weighted by Gasteiger charge is 2.13. The highest BCUT2D eigenvalue weighted by molar-refractivity contribution is 7.18. The topological polar surface area (TPSA) is 58.0 Å². The number of fused-ring (bicyclic) bond motifs is 1. The Morgan fingerprint density at radius 2 is 2.16 bits per heavy atom. The van der Waals surface area contributed by atoms with Crippen LogP contribution in [0.3, 0.4) is 0 Å². The van der Waals surface area contributed by atoms with Crippen molar-refractivity contribution in [2.75, 3.05) is 11.9 Å². The molecule has 104 valence electrons. The fourth-order valence-electron chi connectivity index (χ4n) is 1.69. The number of anilines is 1. The maximum atomic E-state index is 9.84. The number of hydrogen-bond donors (Lipinski definition) is 2. The molecule has 4 nitrogen and oxygen atoms in total. The molecule has 0 saturated heterocycles. The fraction of sp³-hybridized carbons (Fsp3) is 0.538. The van der Waals surface area contributed by atoms with Gasteiger partial charge in [-0.25, -0.2) is 9.97 Å². The maximum Gasteiger partial charge on any atom is 0.225 e. The van der Waals surface area contributed by atoms with Gasteiger partial charge >= 0.3 is 0 Å². The number of aliphatic hydroxyl groups is 1. The first-order valence-corrected chi connectivity index (χ1v) is 7.58. The van der Waals surface area contributed by atoms with Crippen molar-refractivity contribution in [2.24, 2.45) is 5.92 Å². The number of nitrogens with one attached hydrogen (secondary N) is 1. The molecule has 2 aromatic rings. The van der Waals surface area contributed by atoms with Crippen LogP contribution in [0.4, 0.5) is 5.82 Å². The van der Waals surface area contributed by atoms with Gasteiger partial charge in [0.1, 0.15) is 10.6 Å². The molecule has 19 heavy (non-hydrogen) atoms. The Hall–Kier alpha value is -0.910. The lowest BCUT2D eigenvalue weighted by atomic mass is 10.1. The van der Waals surface area contributed by atoms with E-state index in [1.807, 2.05) is 13.8 Å². The molecule has 0 radical (unpaired) electrons. The molecule has 0 amide bonds. The van der Waals surface area contributed by atoms with E-state index in [-0.39, 0.29) is 11.2 Å². The zero-order valence-electron chi connectivity index (χ0n) is 11.3. The zero-order valence-corrected chi connectivity index (χ0v) is 12.8. The number of hydrogen-bond acceptors (Lipinski definition) is 5. The van der Waals surface area contributed by atoms with E-state index in [4.69, 9.17) is 11.6 Å². The van der Waals surface area contributed by atoms with Crippen molar-refractivity contribution in [3.8, 4) is 0 Å². The molecule has 6 heteroatoms. The van der Waals surface area contributed by atoms with Gasteiger partial charge in [0.05, 0.1) is 11.5 Å². The fourth-order valence-corrected chi connectivity index (χ4v) is 2.88. The number of halogens is 1. The predicted molar refractivity (Wildman–Crippen MR) is 81.1 cm³/mol. The van der Waals surface area contributed by atoms with Crippen LogP contribution in [0.2, 0.25) is 5.28 Å². The molecule has 0 aliphatic heterocycles. The Kier molecular flexibility index (Phi) is 4.60. The van der Waals surface area contributed by atoms with E-state index in [0.717, 1.165) is 16.6 Å². The summed E-state index contributed by atoms with van der Waals surface area (Å²) in [6.45, 7) is 6.52. The normalized spacial score (nSPS) is 13.2. The first kappa shape index (κ1) is 14.5. The van der Waals surface area contributed by atoms with Crippen LogP contribution in [-0.2, 0) is 6.42 Å². The van der Waals surface area contributed by atoms with Crippen molar-refractivity contribution in [3.63, 3.8) is 0 Å². The summed E-state index contributed by atoms with van der Waals surface area (Å²) in [5.41, 5.74) is 0. The number of nitrogens with zero attached hydrogens (tertiary/aromatic N) is 2. The third-order valence-corrected chi connectivity index (χ3v) is 4.36. The number of aliphatic hydroxyl groups excluding tert-OH is 1. The second-order valence-electron chi connectivity index (χ2n) is 4.82. The van der Waals surface area contributed by atoms with Gasteiger partial charge in [0.2, 0.25) is 5.28 Å². The zero-order chi connectivity index (χ0) is 14.0. The van der Waals surface area contributed by atoms with Gasteiger partial charge in [0, 0.05) is 11.4 Å². The molecule has 0 aromatic carbocycles. The maximum absolute atomic E-state index is 9.84. The van der Waals surface area contributed by atoms with Gasteiger partial charge in [-0.15, -0.1) is 11.3 Å². The number of thiophene rings is 1. The molecule has 2 rings (SSSR count). The van der Waals surface area contributed by atoms with Crippen LogP contribution in [-0.4, -0.2) is 27.7 Å². The van der Waals surface area contributed by atoms with Crippen LogP contribution in [0.5, 0.6) is 0 Å². The summed E-state index contributed by atoms with van der Waals surface area (Å²) >= 11 is 7.56. The third-order valence-electron chi connectivity index (χ3n) is 3.01. The first-order chi connectivity index (χ1) is 9.01. The predicted octanol–water partition coefficient (Wildman–Crippen LogP) is 3.34. The quantitative estimate of drug-likeness (QED) is 0.832. The Labute approximate surface area is 121 Å². The van der Waals surface area contributed by atoms with Gasteiger partial charge in [-0.3, -0.25) is 0 Å². The Bertz CT molecular complexity index is 570. The lowest BCUT2D eigenvalue weighted by Gasteiger charge is -2.15. The monoisotopic (exact) mass is 299 g/mol. The molecular weight excluding hydrogens is 282 g/mol. The minimum absolute atomic E-state index is 0.203. The van der Waals surface area contributed by atoms with E-state index >= 15 is 0 Å². The van der Waals surface area contributed by atoms with Crippen LogP contribution in [0.25, 0.3) is 10.2 Å². The van der Waals surface area contributed by atoms with Crippen molar-refractivity contribution in [1.29, 1.82) is 0 Å². The summed E-state index contributed by atoms with van der Waals surface area (Å²) in [5.74, 6) is 0.902. The van der Waals surface area contributed by atoms with Gasteiger partial charge < -0.3 is 10.4 Å². The molecule has 2 aromatic heterocycles. The Balaban J connectivity index is 2.28. The van der Waals surface area contributed by atoms with E-state index in [0.29, 0.717) is 12.4 Å². The lowest BCUT2D eigenvalue weighted by Crippen LogP contribution is -2.25. The van der Waals surface area contributed by atoms with E-state index in [2.05, 4.69) is 28.3 Å². The van der Waals surface area contributed by atoms with Gasteiger partial charge in [-0.2, -0.15) is 0 Å². The standard InChI is InChI=1S/C13H18ClN3OS/c1-4-8-5-9-11(15-6-10(18)7(2)3)16-13(14)17-12(9)19-8/h5,7,10,18H,4,6H2,1-3H3,(H,15,16,17). The van der Waals surface area contributed by atoms with Crippen molar-refractivity contribution in [2.45, 2.75) is 33.3 Å². The smallest absolute Gasteiger partial charge is 0.225 e. The molecule has 0 fully saturated rings. The van der Waals surface area contributed by atoms with E-state index in [1.165, 1.54) is 4.88 Å². The van der Waals surface area contributed by atoms with Gasteiger partial charge in [-0.05, 0) is 30.0 Å². The summed E-state index contributed by atoms with van der Waals surface area (Å²) in [6.07, 6.45) is 0.556. The van der Waals surface area contributed by atoms with Gasteiger partial charge in [0.25, 0.3) is 0 Å². The SMILES string of the molecule is CCc1cc2c(NCC(O)C(C)C)nc(Cl)nc2s1. The van der Waals surface area contributed by atoms with Crippen molar-refractivity contribution in [1.82, 2.24) is 9.97 Å². The van der Waals surface area contributed by atoms with Crippen LogP contribution >= 0.6 is 22.9 Å². The summed E-state index contributed by atoms with van der Waals surface area (Å²) < 4.78 is 0. The number of aromatic nitrogens is 2. The second-order valence-corrected chi connectivity index (χ2v) is 6.27. The molecule has 2 N–H and O–H groups in total. The molecule has 0 aliphatic rings. The average molecular weight is 300 g/mol. The van der Waals surface area contributed by atoms with E-state index in [9.17, 15) is 5.11 Å². The number of rotatable bonds is 5. The first-order valence-electron chi connectivity index (χ1n) is 6.39. The minimum Gasteiger partial charge on any atom is -0.391 e. The van der Waals surface area contributed by atoms with Crippen LogP contribution < -0.4 is 5.32 Å². The summed E-state index contributed by atoms with van der Waals surface area (Å²) in [6, 6.07) is 2.08. The molecule has 0 bridgehead atoms. The molecule has 0 saturated carbocycles. The molecule has 0 aliphatic carbocycles. The Morgan fingerprint density at radius 1 is 1.42 bits per heavy atom. The summed E-state index contributed by atoms with van der Waals surface area (Å²) in [7, 11) is 0. The van der Waals surface area contributed by atoms with E-state index in [1.54, 1.807) is 11.3 Å². The largest absolute Gasteiger partial charge is 0.391 e. The van der Waals surface area contributed by atoms with Crippen molar-refractivity contribution in [3.05, 3.63) is 16.2 Å². The van der Waals surface area contributed by atoms with Crippen LogP contribution in [0.1, 0.15) is 25.6 Å². The minimum atomic E-state index is -0.409. The molecule has 1 unspecified atom stereocenters. The van der Waals surface area contributed by atoms with Crippen molar-refractivity contribution < 1.29 is 5.11 Å². The van der Waals surface area contributed by atoms with Gasteiger partial charge in [-0.1, -0.05) is 20.8 Å². The third kappa shape index (κ3) is 3.35.